The summed E-state index contributed by atoms with van der Waals surface area (Å²) in [6.07, 6.45) is 6.74. The highest BCUT2D eigenvalue weighted by Crippen LogP contribution is 2.41. The van der Waals surface area contributed by atoms with Gasteiger partial charge < -0.3 is 9.72 Å². The normalized spacial score (nSPS) is 29.2. The Morgan fingerprint density at radius 1 is 1.71 bits per heavy atom. The Morgan fingerprint density at radius 2 is 2.53 bits per heavy atom. The first kappa shape index (κ1) is 12.3. The quantitative estimate of drug-likeness (QED) is 0.818. The lowest BCUT2D eigenvalue weighted by Crippen LogP contribution is -2.36. The Hall–Kier alpha value is -1.16. The van der Waals surface area contributed by atoms with Gasteiger partial charge in [-0.3, -0.25) is 4.79 Å². The molecule has 1 aromatic heterocycles. The van der Waals surface area contributed by atoms with Crippen LogP contribution in [0.4, 0.5) is 0 Å². The van der Waals surface area contributed by atoms with Gasteiger partial charge in [0.2, 0.25) is 0 Å². The largest absolute Gasteiger partial charge is 0.367 e. The molecule has 0 bridgehead atoms. The Labute approximate surface area is 102 Å². The van der Waals surface area contributed by atoms with E-state index in [9.17, 15) is 4.79 Å². The summed E-state index contributed by atoms with van der Waals surface area (Å²) in [4.78, 5) is 18.1. The number of hydrogen-bond acceptors (Lipinski definition) is 3. The minimum atomic E-state index is -0.312. The molecule has 1 aliphatic carbocycles. The molecule has 1 N–H and O–H groups in total. The van der Waals surface area contributed by atoms with Crippen LogP contribution in [-0.4, -0.2) is 22.9 Å². The molecule has 0 amide bonds. The van der Waals surface area contributed by atoms with Crippen LogP contribution in [0.5, 0.6) is 0 Å². The maximum Gasteiger partial charge on any atom is 0.167 e. The molecule has 94 valence electrons. The van der Waals surface area contributed by atoms with Crippen molar-refractivity contribution in [2.24, 2.45) is 5.92 Å². The van der Waals surface area contributed by atoms with E-state index in [1.165, 1.54) is 6.42 Å². The number of carbonyl (C=O) groups is 1. The standard InChI is InChI=1S/C13H20N2O2/c1-3-17-13(6-4-5-10(2)7-13)12-14-8-11(9-16)15-12/h8-10H,3-7H2,1-2H3,(H,14,15). The summed E-state index contributed by atoms with van der Waals surface area (Å²) in [6.45, 7) is 4.92. The van der Waals surface area contributed by atoms with E-state index < -0.39 is 0 Å². The number of H-pyrrole nitrogens is 1. The SMILES string of the molecule is CCOC1(c2ncc(C=O)[nH]2)CCCC(C)C1. The van der Waals surface area contributed by atoms with Gasteiger partial charge in [-0.15, -0.1) is 0 Å². The number of carbonyl (C=O) groups excluding carboxylic acids is 1. The molecule has 1 saturated carbocycles. The van der Waals surface area contributed by atoms with E-state index >= 15 is 0 Å². The molecule has 2 atom stereocenters. The van der Waals surface area contributed by atoms with Crippen LogP contribution >= 0.6 is 0 Å². The van der Waals surface area contributed by atoms with Crippen LogP contribution in [0.1, 0.15) is 55.8 Å². The number of nitrogens with one attached hydrogen (secondary N) is 1. The third-order valence-corrected chi connectivity index (χ3v) is 3.53. The lowest BCUT2D eigenvalue weighted by molar-refractivity contribution is -0.0876. The number of rotatable bonds is 4. The van der Waals surface area contributed by atoms with E-state index in [1.54, 1.807) is 6.20 Å². The molecule has 0 aromatic carbocycles. The number of nitrogens with zero attached hydrogens (tertiary/aromatic N) is 1. The number of ether oxygens (including phenoxy) is 1. The van der Waals surface area contributed by atoms with E-state index in [1.807, 2.05) is 6.92 Å². The predicted octanol–water partition coefficient (Wildman–Crippen LogP) is 2.66. The Morgan fingerprint density at radius 3 is 3.12 bits per heavy atom. The van der Waals surface area contributed by atoms with Gasteiger partial charge in [0, 0.05) is 6.61 Å². The van der Waals surface area contributed by atoms with Crippen molar-refractivity contribution in [2.75, 3.05) is 6.61 Å². The molecular formula is C13H20N2O2. The first-order valence-electron chi connectivity index (χ1n) is 6.35. The van der Waals surface area contributed by atoms with Crippen molar-refractivity contribution in [2.45, 2.75) is 45.1 Å². The number of aldehydes is 1. The molecule has 17 heavy (non-hydrogen) atoms. The summed E-state index contributed by atoms with van der Waals surface area (Å²) in [5, 5.41) is 0. The van der Waals surface area contributed by atoms with Crippen molar-refractivity contribution >= 4 is 6.29 Å². The summed E-state index contributed by atoms with van der Waals surface area (Å²) in [5.41, 5.74) is 0.213. The second-order valence-corrected chi connectivity index (χ2v) is 4.93. The zero-order valence-electron chi connectivity index (χ0n) is 10.5. The molecule has 0 spiro atoms. The van der Waals surface area contributed by atoms with Gasteiger partial charge >= 0.3 is 0 Å². The van der Waals surface area contributed by atoms with E-state index in [0.29, 0.717) is 18.2 Å². The van der Waals surface area contributed by atoms with Crippen LogP contribution in [-0.2, 0) is 10.3 Å². The minimum absolute atomic E-state index is 0.312. The summed E-state index contributed by atoms with van der Waals surface area (Å²) >= 11 is 0. The second kappa shape index (κ2) is 5.00. The zero-order chi connectivity index (χ0) is 12.3. The predicted molar refractivity (Wildman–Crippen MR) is 64.9 cm³/mol. The van der Waals surface area contributed by atoms with Gasteiger partial charge in [0.1, 0.15) is 11.4 Å². The molecule has 2 unspecified atom stereocenters. The molecule has 4 heteroatoms. The minimum Gasteiger partial charge on any atom is -0.367 e. The topological polar surface area (TPSA) is 55.0 Å². The number of hydrogen-bond donors (Lipinski definition) is 1. The van der Waals surface area contributed by atoms with Crippen LogP contribution in [0.2, 0.25) is 0 Å². The van der Waals surface area contributed by atoms with Gasteiger partial charge in [-0.25, -0.2) is 4.98 Å². The summed E-state index contributed by atoms with van der Waals surface area (Å²) in [6, 6.07) is 0. The highest BCUT2D eigenvalue weighted by Gasteiger charge is 2.39. The molecule has 1 aliphatic rings. The number of imidazole rings is 1. The van der Waals surface area contributed by atoms with Gasteiger partial charge in [0.25, 0.3) is 0 Å². The summed E-state index contributed by atoms with van der Waals surface area (Å²) < 4.78 is 5.98. The summed E-state index contributed by atoms with van der Waals surface area (Å²) in [5.74, 6) is 1.45. The van der Waals surface area contributed by atoms with Crippen molar-refractivity contribution < 1.29 is 9.53 Å². The molecule has 4 nitrogen and oxygen atoms in total. The fourth-order valence-electron chi connectivity index (χ4n) is 2.82. The Kier molecular flexibility index (Phi) is 3.62. The molecule has 1 aromatic rings. The van der Waals surface area contributed by atoms with Crippen LogP contribution in [0, 0.1) is 5.92 Å². The fourth-order valence-corrected chi connectivity index (χ4v) is 2.82. The lowest BCUT2D eigenvalue weighted by atomic mass is 9.78. The third-order valence-electron chi connectivity index (χ3n) is 3.53. The van der Waals surface area contributed by atoms with Gasteiger partial charge in [0.15, 0.2) is 6.29 Å². The van der Waals surface area contributed by atoms with Crippen molar-refractivity contribution in [1.29, 1.82) is 0 Å². The van der Waals surface area contributed by atoms with Gasteiger partial charge in [0.05, 0.1) is 11.9 Å². The number of aromatic nitrogens is 2. The van der Waals surface area contributed by atoms with Crippen LogP contribution in [0.15, 0.2) is 6.20 Å². The van der Waals surface area contributed by atoms with Gasteiger partial charge in [-0.1, -0.05) is 13.3 Å². The Bertz CT molecular complexity index is 385. The molecular weight excluding hydrogens is 216 g/mol. The van der Waals surface area contributed by atoms with E-state index in [0.717, 1.165) is 31.4 Å². The van der Waals surface area contributed by atoms with Crippen LogP contribution in [0.25, 0.3) is 0 Å². The average Bonchev–Trinajstić information content (AvgIpc) is 2.78. The second-order valence-electron chi connectivity index (χ2n) is 4.93. The van der Waals surface area contributed by atoms with E-state index in [2.05, 4.69) is 16.9 Å². The van der Waals surface area contributed by atoms with Gasteiger partial charge in [-0.2, -0.15) is 0 Å². The van der Waals surface area contributed by atoms with Gasteiger partial charge in [-0.05, 0) is 32.1 Å². The molecule has 0 aliphatic heterocycles. The third kappa shape index (κ3) is 2.41. The maximum atomic E-state index is 10.7. The molecule has 2 rings (SSSR count). The summed E-state index contributed by atoms with van der Waals surface area (Å²) in [7, 11) is 0. The fraction of sp³-hybridized carbons (Fsp3) is 0.692. The van der Waals surface area contributed by atoms with Crippen molar-refractivity contribution in [3.05, 3.63) is 17.7 Å². The average molecular weight is 236 g/mol. The van der Waals surface area contributed by atoms with Crippen LogP contribution < -0.4 is 0 Å². The van der Waals surface area contributed by atoms with E-state index in [-0.39, 0.29) is 5.60 Å². The van der Waals surface area contributed by atoms with E-state index in [4.69, 9.17) is 4.74 Å². The first-order valence-corrected chi connectivity index (χ1v) is 6.35. The smallest absolute Gasteiger partial charge is 0.167 e. The van der Waals surface area contributed by atoms with Crippen molar-refractivity contribution in [3.8, 4) is 0 Å². The molecule has 1 heterocycles. The molecule has 0 radical (unpaired) electrons. The number of aromatic amines is 1. The highest BCUT2D eigenvalue weighted by molar-refractivity contribution is 5.71. The Balaban J connectivity index is 2.29. The first-order chi connectivity index (χ1) is 8.20. The molecule has 0 saturated heterocycles. The monoisotopic (exact) mass is 236 g/mol. The van der Waals surface area contributed by atoms with Crippen LogP contribution in [0.3, 0.4) is 0 Å². The zero-order valence-corrected chi connectivity index (χ0v) is 10.5. The highest BCUT2D eigenvalue weighted by atomic mass is 16.5. The van der Waals surface area contributed by atoms with Crippen molar-refractivity contribution in [1.82, 2.24) is 9.97 Å². The lowest BCUT2D eigenvalue weighted by Gasteiger charge is -2.38. The molecule has 1 fully saturated rings. The maximum absolute atomic E-state index is 10.7. The van der Waals surface area contributed by atoms with Crippen molar-refractivity contribution in [3.63, 3.8) is 0 Å².